The normalized spacial score (nSPS) is 34.9. The Morgan fingerprint density at radius 1 is 1.12 bits per heavy atom. The number of ether oxygens (including phenoxy) is 1. The van der Waals surface area contributed by atoms with Crippen LogP contribution in [0, 0.1) is 17.8 Å². The van der Waals surface area contributed by atoms with E-state index in [-0.39, 0.29) is 6.10 Å². The van der Waals surface area contributed by atoms with Crippen molar-refractivity contribution in [3.8, 4) is 0 Å². The maximum Gasteiger partial charge on any atom is 0.0598 e. The third-order valence-electron chi connectivity index (χ3n) is 4.63. The van der Waals surface area contributed by atoms with Crippen molar-refractivity contribution < 1.29 is 9.84 Å². The van der Waals surface area contributed by atoms with Gasteiger partial charge in [-0.25, -0.2) is 0 Å². The van der Waals surface area contributed by atoms with Gasteiger partial charge in [-0.2, -0.15) is 0 Å². The molecule has 2 nitrogen and oxygen atoms in total. The highest BCUT2D eigenvalue weighted by Crippen LogP contribution is 2.36. The van der Waals surface area contributed by atoms with Crippen molar-refractivity contribution in [3.05, 3.63) is 0 Å². The van der Waals surface area contributed by atoms with Crippen LogP contribution in [0.1, 0.15) is 51.9 Å². The first-order valence-corrected chi connectivity index (χ1v) is 7.07. The molecule has 1 saturated heterocycles. The van der Waals surface area contributed by atoms with Crippen molar-refractivity contribution >= 4 is 0 Å². The highest BCUT2D eigenvalue weighted by Gasteiger charge is 2.32. The van der Waals surface area contributed by atoms with Crippen molar-refractivity contribution in [3.63, 3.8) is 0 Å². The minimum absolute atomic E-state index is 0.0572. The maximum absolute atomic E-state index is 10.5. The second-order valence-corrected chi connectivity index (χ2v) is 5.64. The number of hydrogen-bond donors (Lipinski definition) is 1. The molecule has 1 heterocycles. The first-order chi connectivity index (χ1) is 7.81. The molecule has 0 amide bonds. The molecule has 2 fully saturated rings. The summed E-state index contributed by atoms with van der Waals surface area (Å²) in [7, 11) is 0. The molecule has 2 heteroatoms. The van der Waals surface area contributed by atoms with Gasteiger partial charge in [-0.05, 0) is 43.4 Å². The maximum atomic E-state index is 10.5. The third kappa shape index (κ3) is 2.98. The van der Waals surface area contributed by atoms with Gasteiger partial charge < -0.3 is 9.84 Å². The van der Waals surface area contributed by atoms with E-state index in [2.05, 4.69) is 6.92 Å². The first-order valence-electron chi connectivity index (χ1n) is 7.07. The van der Waals surface area contributed by atoms with E-state index in [0.717, 1.165) is 32.0 Å². The van der Waals surface area contributed by atoms with Crippen LogP contribution >= 0.6 is 0 Å². The van der Waals surface area contributed by atoms with Crippen LogP contribution in [0.3, 0.4) is 0 Å². The van der Waals surface area contributed by atoms with Gasteiger partial charge >= 0.3 is 0 Å². The molecule has 2 aliphatic rings. The van der Waals surface area contributed by atoms with Crippen LogP contribution in [0.5, 0.6) is 0 Å². The summed E-state index contributed by atoms with van der Waals surface area (Å²) >= 11 is 0. The quantitative estimate of drug-likeness (QED) is 0.801. The Morgan fingerprint density at radius 3 is 2.56 bits per heavy atom. The van der Waals surface area contributed by atoms with Gasteiger partial charge in [0.15, 0.2) is 0 Å². The second kappa shape index (κ2) is 6.02. The lowest BCUT2D eigenvalue weighted by atomic mass is 9.73. The second-order valence-electron chi connectivity index (χ2n) is 5.64. The molecule has 0 aromatic heterocycles. The fourth-order valence-electron chi connectivity index (χ4n) is 3.46. The van der Waals surface area contributed by atoms with Gasteiger partial charge in [-0.3, -0.25) is 0 Å². The fraction of sp³-hybridized carbons (Fsp3) is 1.00. The van der Waals surface area contributed by atoms with Crippen LogP contribution < -0.4 is 0 Å². The molecule has 3 unspecified atom stereocenters. The largest absolute Gasteiger partial charge is 0.393 e. The molecule has 0 bridgehead atoms. The Morgan fingerprint density at radius 2 is 1.88 bits per heavy atom. The van der Waals surface area contributed by atoms with Gasteiger partial charge in [0, 0.05) is 13.2 Å². The molecule has 0 aromatic rings. The molecule has 1 aliphatic carbocycles. The zero-order valence-electron chi connectivity index (χ0n) is 10.5. The third-order valence-corrected chi connectivity index (χ3v) is 4.63. The van der Waals surface area contributed by atoms with E-state index in [1.807, 2.05) is 0 Å². The molecule has 1 saturated carbocycles. The molecule has 94 valence electrons. The molecule has 0 aromatic carbocycles. The topological polar surface area (TPSA) is 29.5 Å². The van der Waals surface area contributed by atoms with Gasteiger partial charge in [0.05, 0.1) is 6.10 Å². The molecular formula is C14H26O2. The average Bonchev–Trinajstić information content (AvgIpc) is 2.39. The smallest absolute Gasteiger partial charge is 0.0598 e. The summed E-state index contributed by atoms with van der Waals surface area (Å²) in [6.07, 6.45) is 8.57. The first kappa shape index (κ1) is 12.4. The molecule has 0 spiro atoms. The lowest BCUT2D eigenvalue weighted by Gasteiger charge is -2.36. The lowest BCUT2D eigenvalue weighted by Crippen LogP contribution is -2.35. The average molecular weight is 226 g/mol. The summed E-state index contributed by atoms with van der Waals surface area (Å²) in [6.45, 7) is 3.99. The zero-order valence-corrected chi connectivity index (χ0v) is 10.5. The van der Waals surface area contributed by atoms with Crippen molar-refractivity contribution in [2.24, 2.45) is 17.8 Å². The highest BCUT2D eigenvalue weighted by atomic mass is 16.5. The summed E-state index contributed by atoms with van der Waals surface area (Å²) in [5.41, 5.74) is 0. The number of aliphatic hydroxyl groups is 1. The van der Waals surface area contributed by atoms with Gasteiger partial charge in [0.2, 0.25) is 0 Å². The number of rotatable bonds is 3. The predicted octanol–water partition coefficient (Wildman–Crippen LogP) is 2.99. The molecule has 2 rings (SSSR count). The van der Waals surface area contributed by atoms with E-state index in [4.69, 9.17) is 4.74 Å². The SMILES string of the molecule is CCC1CCCC(C(O)C2CCOCC2)C1. The van der Waals surface area contributed by atoms with Crippen molar-refractivity contribution in [1.82, 2.24) is 0 Å². The summed E-state index contributed by atoms with van der Waals surface area (Å²) < 4.78 is 5.37. The Balaban J connectivity index is 1.84. The van der Waals surface area contributed by atoms with E-state index in [9.17, 15) is 5.11 Å². The van der Waals surface area contributed by atoms with Crippen molar-refractivity contribution in [2.75, 3.05) is 13.2 Å². The van der Waals surface area contributed by atoms with Crippen molar-refractivity contribution in [1.29, 1.82) is 0 Å². The van der Waals surface area contributed by atoms with E-state index in [1.165, 1.54) is 32.1 Å². The van der Waals surface area contributed by atoms with E-state index in [0.29, 0.717) is 11.8 Å². The standard InChI is InChI=1S/C14H26O2/c1-2-11-4-3-5-13(10-11)14(15)12-6-8-16-9-7-12/h11-15H,2-10H2,1H3. The summed E-state index contributed by atoms with van der Waals surface area (Å²) in [6, 6.07) is 0. The van der Waals surface area contributed by atoms with Crippen LogP contribution in [0.15, 0.2) is 0 Å². The molecule has 1 aliphatic heterocycles. The highest BCUT2D eigenvalue weighted by molar-refractivity contribution is 4.82. The monoisotopic (exact) mass is 226 g/mol. The Labute approximate surface area is 99.4 Å². The van der Waals surface area contributed by atoms with Crippen LogP contribution in [0.2, 0.25) is 0 Å². The lowest BCUT2D eigenvalue weighted by molar-refractivity contribution is -0.0303. The minimum atomic E-state index is -0.0572. The molecule has 0 radical (unpaired) electrons. The minimum Gasteiger partial charge on any atom is -0.393 e. The summed E-state index contributed by atoms with van der Waals surface area (Å²) in [5.74, 6) is 1.95. The summed E-state index contributed by atoms with van der Waals surface area (Å²) in [4.78, 5) is 0. The van der Waals surface area contributed by atoms with Gasteiger partial charge in [0.1, 0.15) is 0 Å². The van der Waals surface area contributed by atoms with Gasteiger partial charge in [-0.15, -0.1) is 0 Å². The fourth-order valence-corrected chi connectivity index (χ4v) is 3.46. The van der Waals surface area contributed by atoms with Crippen LogP contribution in [-0.4, -0.2) is 24.4 Å². The Hall–Kier alpha value is -0.0800. The van der Waals surface area contributed by atoms with Crippen LogP contribution in [-0.2, 0) is 4.74 Å². The number of aliphatic hydroxyl groups excluding tert-OH is 1. The van der Waals surface area contributed by atoms with E-state index >= 15 is 0 Å². The van der Waals surface area contributed by atoms with Crippen LogP contribution in [0.25, 0.3) is 0 Å². The Bertz CT molecular complexity index is 199. The van der Waals surface area contributed by atoms with Crippen LogP contribution in [0.4, 0.5) is 0 Å². The molecule has 1 N–H and O–H groups in total. The van der Waals surface area contributed by atoms with Gasteiger partial charge in [0.25, 0.3) is 0 Å². The molecule has 16 heavy (non-hydrogen) atoms. The number of hydrogen-bond acceptors (Lipinski definition) is 2. The molecule has 3 atom stereocenters. The van der Waals surface area contributed by atoms with Crippen molar-refractivity contribution in [2.45, 2.75) is 58.0 Å². The molecular weight excluding hydrogens is 200 g/mol. The predicted molar refractivity (Wildman–Crippen MR) is 65.3 cm³/mol. The van der Waals surface area contributed by atoms with E-state index < -0.39 is 0 Å². The summed E-state index contributed by atoms with van der Waals surface area (Å²) in [5, 5.41) is 10.5. The van der Waals surface area contributed by atoms with E-state index in [1.54, 1.807) is 0 Å². The Kier molecular flexibility index (Phi) is 4.66. The van der Waals surface area contributed by atoms with Gasteiger partial charge in [-0.1, -0.05) is 26.2 Å². The zero-order chi connectivity index (χ0) is 11.4.